The molecule has 0 saturated heterocycles. The summed E-state index contributed by atoms with van der Waals surface area (Å²) < 4.78 is 0. The van der Waals surface area contributed by atoms with E-state index >= 15 is 0 Å². The second-order valence-electron chi connectivity index (χ2n) is 11.5. The number of carbonyl (C=O) groups excluding carboxylic acids is 1. The predicted octanol–water partition coefficient (Wildman–Crippen LogP) is -7.46. The molecule has 3 aliphatic rings. The summed E-state index contributed by atoms with van der Waals surface area (Å²) in [6.07, 6.45) is -1.85. The van der Waals surface area contributed by atoms with Crippen molar-refractivity contribution < 1.29 is 136 Å². The van der Waals surface area contributed by atoms with Crippen LogP contribution in [0.4, 0.5) is 0 Å². The second kappa shape index (κ2) is 18.8. The fraction of sp³-hybridized carbons (Fsp3) is 0.382. The molecule has 1 radical (unpaired) electrons. The topological polar surface area (TPSA) is 181 Å². The molecular formula is C34H35CuN4Na3O6. The smallest absolute Gasteiger partial charge is 0.831 e. The van der Waals surface area contributed by atoms with Gasteiger partial charge in [0.2, 0.25) is 0 Å². The van der Waals surface area contributed by atoms with Gasteiger partial charge in [0.05, 0.1) is 28.7 Å². The number of aromatic nitrogens is 4. The molecule has 48 heavy (non-hydrogen) atoms. The van der Waals surface area contributed by atoms with Crippen LogP contribution in [0.3, 0.4) is 0 Å². The minimum Gasteiger partial charge on any atom is -0.831 e. The third-order valence-electron chi connectivity index (χ3n) is 8.88. The van der Waals surface area contributed by atoms with Crippen LogP contribution >= 0.6 is 0 Å². The summed E-state index contributed by atoms with van der Waals surface area (Å²) in [7, 11) is 0. The molecule has 4 atom stereocenters. The van der Waals surface area contributed by atoms with Crippen molar-refractivity contribution in [2.24, 2.45) is 0 Å². The predicted molar refractivity (Wildman–Crippen MR) is 161 cm³/mol. The van der Waals surface area contributed by atoms with Crippen molar-refractivity contribution in [2.45, 2.75) is 84.7 Å². The van der Waals surface area contributed by atoms with Gasteiger partial charge in [0.25, 0.3) is 0 Å². The van der Waals surface area contributed by atoms with Crippen LogP contribution in [0, 0.1) is 6.92 Å². The third-order valence-corrected chi connectivity index (χ3v) is 8.88. The van der Waals surface area contributed by atoms with E-state index in [1.54, 1.807) is 19.1 Å². The Morgan fingerprint density at radius 3 is 2.15 bits per heavy atom. The quantitative estimate of drug-likeness (QED) is 0.196. The second-order valence-corrected chi connectivity index (χ2v) is 11.5. The first-order chi connectivity index (χ1) is 20.9. The molecule has 5 heterocycles. The molecule has 4 unspecified atom stereocenters. The Bertz CT molecular complexity index is 1810. The van der Waals surface area contributed by atoms with Gasteiger partial charge in [-0.05, 0) is 87.6 Å². The van der Waals surface area contributed by atoms with Gasteiger partial charge in [-0.15, -0.1) is 11.0 Å². The van der Waals surface area contributed by atoms with E-state index in [4.69, 9.17) is 19.9 Å². The summed E-state index contributed by atoms with van der Waals surface area (Å²) in [6, 6.07) is 5.48. The van der Waals surface area contributed by atoms with Crippen LogP contribution in [0.1, 0.15) is 103 Å². The number of nitrogens with zero attached hydrogens (tertiary/aromatic N) is 4. The van der Waals surface area contributed by atoms with Crippen molar-refractivity contribution in [1.29, 1.82) is 0 Å². The average molecular weight is 728 g/mol. The molecule has 0 aliphatic carbocycles. The minimum absolute atomic E-state index is 0. The summed E-state index contributed by atoms with van der Waals surface area (Å²) in [4.78, 5) is 32.0. The molecule has 14 heteroatoms. The van der Waals surface area contributed by atoms with Crippen molar-refractivity contribution in [3.8, 4) is 0 Å². The molecule has 241 valence electrons. The fourth-order valence-corrected chi connectivity index (χ4v) is 6.45. The van der Waals surface area contributed by atoms with Gasteiger partial charge in [-0.2, -0.15) is 11.4 Å². The molecule has 2 N–H and O–H groups in total. The van der Waals surface area contributed by atoms with Gasteiger partial charge >= 0.3 is 106 Å². The monoisotopic (exact) mass is 727 g/mol. The number of rotatable bonds is 8. The van der Waals surface area contributed by atoms with E-state index < -0.39 is 30.9 Å². The Kier molecular flexibility index (Phi) is 17.8. The van der Waals surface area contributed by atoms with E-state index in [2.05, 4.69) is 6.58 Å². The number of allylic oxidation sites excluding steroid dienone is 4. The first-order valence-corrected chi connectivity index (χ1v) is 14.7. The summed E-state index contributed by atoms with van der Waals surface area (Å²) in [5, 5.41) is 56.2. The molecule has 5 rings (SSSR count). The fourth-order valence-electron chi connectivity index (χ4n) is 6.45. The number of carbonyl (C=O) groups is 1. The standard InChI is InChI=1S/C34H37N4O6.Cu.3Na/c1-7-19-15(3)23-12-25-17(5)21(9-10-29(39)40)32(37-25)22(11-30(41)42)33-31(34(43)44)18(6)26(38-33)14-28-20(8-2)16(4)24(36-28)13-27(19)35-23;;;;/h7,12-14,17,21,29-30,39,41H,1,8-11H2,2-6H3,(H2-,35,36,37,38,43,44);;;;/q-3;+2;3*+1/p-2. The molecule has 8 bridgehead atoms. The zero-order valence-corrected chi connectivity index (χ0v) is 35.7. The summed E-state index contributed by atoms with van der Waals surface area (Å²) in [5.41, 5.74) is 7.94. The first kappa shape index (κ1) is 45.5. The van der Waals surface area contributed by atoms with E-state index in [0.717, 1.165) is 27.8 Å². The number of carboxylic acid groups (broad SMARTS) is 1. The summed E-state index contributed by atoms with van der Waals surface area (Å²) in [5.74, 6) is -2.25. The van der Waals surface area contributed by atoms with Crippen LogP contribution in [0.25, 0.3) is 33.3 Å². The van der Waals surface area contributed by atoms with Crippen molar-refractivity contribution >= 4 is 39.3 Å². The van der Waals surface area contributed by atoms with Crippen molar-refractivity contribution in [1.82, 2.24) is 19.9 Å². The summed E-state index contributed by atoms with van der Waals surface area (Å²) >= 11 is 0. The molecule has 2 aromatic rings. The number of aliphatic hydroxyl groups excluding tert-OH is 2. The Morgan fingerprint density at radius 1 is 0.958 bits per heavy atom. The van der Waals surface area contributed by atoms with Crippen LogP contribution in [-0.2, 0) is 34.7 Å². The van der Waals surface area contributed by atoms with E-state index in [0.29, 0.717) is 46.0 Å². The van der Waals surface area contributed by atoms with Crippen molar-refractivity contribution in [2.75, 3.05) is 0 Å². The maximum Gasteiger partial charge on any atom is 2.00 e. The number of aliphatic carboxylic acids is 1. The van der Waals surface area contributed by atoms with Crippen LogP contribution in [0.2, 0.25) is 0 Å². The average Bonchev–Trinajstić information content (AvgIpc) is 3.63. The molecule has 10 nitrogen and oxygen atoms in total. The van der Waals surface area contributed by atoms with Gasteiger partial charge in [0, 0.05) is 11.1 Å². The Hall–Kier alpha value is -0.571. The minimum atomic E-state index is -2.09. The van der Waals surface area contributed by atoms with E-state index in [-0.39, 0.29) is 141 Å². The number of hydrogen-bond acceptors (Lipinski definition) is 8. The molecule has 0 fully saturated rings. The molecule has 3 aliphatic heterocycles. The van der Waals surface area contributed by atoms with Gasteiger partial charge in [0.15, 0.2) is 0 Å². The number of fused-ring (bicyclic) bond motifs is 8. The molecule has 0 amide bonds. The van der Waals surface area contributed by atoms with Gasteiger partial charge in [-0.1, -0.05) is 55.8 Å². The van der Waals surface area contributed by atoms with Crippen molar-refractivity contribution in [3.63, 3.8) is 0 Å². The first-order valence-electron chi connectivity index (χ1n) is 14.7. The Labute approximate surface area is 357 Å². The molecule has 2 aromatic heterocycles. The van der Waals surface area contributed by atoms with Crippen LogP contribution in [0.15, 0.2) is 30.9 Å². The maximum absolute atomic E-state index is 12.6. The third kappa shape index (κ3) is 8.89. The molecule has 0 aromatic carbocycles. The zero-order valence-electron chi connectivity index (χ0n) is 28.8. The maximum atomic E-state index is 12.6. The Morgan fingerprint density at radius 2 is 1.58 bits per heavy atom. The Balaban J connectivity index is 0.00000288. The molecule has 0 spiro atoms. The normalized spacial score (nSPS) is 17.3. The van der Waals surface area contributed by atoms with E-state index in [1.165, 1.54) is 0 Å². The molecule has 0 saturated carbocycles. The zero-order chi connectivity index (χ0) is 32.0. The van der Waals surface area contributed by atoms with E-state index in [9.17, 15) is 30.3 Å². The van der Waals surface area contributed by atoms with Gasteiger partial charge in [-0.3, -0.25) is 0 Å². The van der Waals surface area contributed by atoms with E-state index in [1.807, 2.05) is 39.8 Å². The van der Waals surface area contributed by atoms with Crippen LogP contribution < -0.4 is 114 Å². The van der Waals surface area contributed by atoms with Gasteiger partial charge in [0.1, 0.15) is 0 Å². The van der Waals surface area contributed by atoms with Crippen LogP contribution in [0.5, 0.6) is 0 Å². The largest absolute Gasteiger partial charge is 2.00 e. The number of carboxylic acids is 1. The number of aryl methyl sites for hydroxylation is 2. The van der Waals surface area contributed by atoms with Crippen LogP contribution in [-0.4, -0.2) is 38.7 Å². The molecular weight excluding hydrogens is 693 g/mol. The van der Waals surface area contributed by atoms with Crippen molar-refractivity contribution in [3.05, 3.63) is 81.7 Å². The number of hydrogen-bond donors (Lipinski definition) is 2. The number of aliphatic hydroxyl groups is 2. The van der Waals surface area contributed by atoms with Gasteiger partial charge in [-0.25, -0.2) is 9.97 Å². The van der Waals surface area contributed by atoms with Gasteiger partial charge < -0.3 is 40.3 Å². The summed E-state index contributed by atoms with van der Waals surface area (Å²) in [6.45, 7) is 13.5. The SMILES string of the molecule is C=CC1=C(C)c2cc3[n-]c(c(CC([O-])O)c4nc(cc5[n-]c(cc1n2)c(C)c5CC)C(C)=C4C(=O)[O-])C(CCC([O-])O)C3C.[Cu+2].[Na+].[Na+].[Na+].